The number of nitrogens with one attached hydrogen (secondary N) is 1. The topological polar surface area (TPSA) is 55.1 Å². The summed E-state index contributed by atoms with van der Waals surface area (Å²) in [5.74, 6) is 0.0876. The molecule has 2 aromatic rings. The zero-order valence-electron chi connectivity index (χ0n) is 13.1. The molecule has 1 aliphatic carbocycles. The molecule has 0 bridgehead atoms. The van der Waals surface area contributed by atoms with Crippen LogP contribution in [0.1, 0.15) is 48.7 Å². The number of benzene rings is 1. The van der Waals surface area contributed by atoms with Crippen molar-refractivity contribution in [2.24, 2.45) is 0 Å². The number of fused-ring (bicyclic) bond motifs is 1. The zero-order valence-corrected chi connectivity index (χ0v) is 13.9. The molecular weight excluding hydrogens is 292 g/mol. The molecule has 1 amide bonds. The monoisotopic (exact) mass is 314 g/mol. The van der Waals surface area contributed by atoms with Crippen molar-refractivity contribution in [2.75, 3.05) is 5.73 Å². The smallest absolute Gasteiger partial charge is 0.231 e. The van der Waals surface area contributed by atoms with E-state index in [1.54, 1.807) is 11.3 Å². The zero-order chi connectivity index (χ0) is 15.7. The van der Waals surface area contributed by atoms with Crippen LogP contribution in [0.25, 0.3) is 0 Å². The van der Waals surface area contributed by atoms with E-state index in [0.29, 0.717) is 0 Å². The summed E-state index contributed by atoms with van der Waals surface area (Å²) in [6.45, 7) is 3.97. The Bertz CT molecular complexity index is 676. The van der Waals surface area contributed by atoms with Crippen LogP contribution in [0, 0.1) is 0 Å². The molecule has 0 radical (unpaired) electrons. The Morgan fingerprint density at radius 1 is 1.36 bits per heavy atom. The number of anilines is 1. The van der Waals surface area contributed by atoms with Gasteiger partial charge in [-0.2, -0.15) is 0 Å². The van der Waals surface area contributed by atoms with Crippen molar-refractivity contribution in [2.45, 2.75) is 44.6 Å². The maximum atomic E-state index is 12.8. The Hall–Kier alpha value is -1.81. The highest BCUT2D eigenvalue weighted by Gasteiger charge is 2.33. The highest BCUT2D eigenvalue weighted by molar-refractivity contribution is 7.10. The molecular formula is C18H22N2OS. The molecule has 1 aromatic heterocycles. The molecule has 0 saturated heterocycles. The summed E-state index contributed by atoms with van der Waals surface area (Å²) in [6, 6.07) is 10.1. The first kappa shape index (κ1) is 15.1. The van der Waals surface area contributed by atoms with Crippen molar-refractivity contribution in [3.8, 4) is 0 Å². The number of carbonyl (C=O) groups is 1. The van der Waals surface area contributed by atoms with Gasteiger partial charge in [-0.3, -0.25) is 4.79 Å². The molecule has 3 nitrogen and oxygen atoms in total. The van der Waals surface area contributed by atoms with E-state index in [1.807, 2.05) is 43.5 Å². The van der Waals surface area contributed by atoms with Gasteiger partial charge in [0.25, 0.3) is 0 Å². The summed E-state index contributed by atoms with van der Waals surface area (Å²) in [5.41, 5.74) is 8.66. The van der Waals surface area contributed by atoms with Crippen LogP contribution in [-0.2, 0) is 16.6 Å². The van der Waals surface area contributed by atoms with Crippen molar-refractivity contribution in [1.82, 2.24) is 5.32 Å². The van der Waals surface area contributed by atoms with Crippen molar-refractivity contribution in [1.29, 1.82) is 0 Å². The van der Waals surface area contributed by atoms with Crippen molar-refractivity contribution < 1.29 is 4.79 Å². The Labute approximate surface area is 135 Å². The Morgan fingerprint density at radius 3 is 2.91 bits per heavy atom. The van der Waals surface area contributed by atoms with Crippen LogP contribution < -0.4 is 11.1 Å². The molecule has 1 atom stereocenters. The van der Waals surface area contributed by atoms with Gasteiger partial charge in [-0.25, -0.2) is 0 Å². The molecule has 4 heteroatoms. The van der Waals surface area contributed by atoms with Gasteiger partial charge >= 0.3 is 0 Å². The molecule has 0 aliphatic heterocycles. The third-order valence-corrected chi connectivity index (χ3v) is 5.69. The molecule has 3 N–H and O–H groups in total. The Morgan fingerprint density at radius 2 is 2.18 bits per heavy atom. The number of rotatable bonds is 3. The second-order valence-corrected chi connectivity index (χ2v) is 7.43. The number of hydrogen-bond donors (Lipinski definition) is 2. The number of carbonyl (C=O) groups excluding carboxylic acids is 1. The predicted octanol–water partition coefficient (Wildman–Crippen LogP) is 3.80. The first-order chi connectivity index (χ1) is 10.5. The fourth-order valence-electron chi connectivity index (χ4n) is 3.07. The lowest BCUT2D eigenvalue weighted by atomic mass is 9.85. The minimum Gasteiger partial charge on any atom is -0.399 e. The van der Waals surface area contributed by atoms with Crippen molar-refractivity contribution in [3.63, 3.8) is 0 Å². The predicted molar refractivity (Wildman–Crippen MR) is 92.0 cm³/mol. The van der Waals surface area contributed by atoms with E-state index in [2.05, 4.69) is 11.4 Å². The number of hydrogen-bond acceptors (Lipinski definition) is 3. The number of nitrogen functional groups attached to an aromatic ring is 1. The molecule has 0 saturated carbocycles. The van der Waals surface area contributed by atoms with Crippen LogP contribution in [-0.4, -0.2) is 5.91 Å². The Balaban J connectivity index is 1.81. The summed E-state index contributed by atoms with van der Waals surface area (Å²) >= 11 is 1.63. The summed E-state index contributed by atoms with van der Waals surface area (Å²) < 4.78 is 0. The average Bonchev–Trinajstić information content (AvgIpc) is 3.02. The van der Waals surface area contributed by atoms with E-state index >= 15 is 0 Å². The number of amides is 1. The molecule has 116 valence electrons. The van der Waals surface area contributed by atoms with Gasteiger partial charge in [0.15, 0.2) is 0 Å². The largest absolute Gasteiger partial charge is 0.399 e. The summed E-state index contributed by atoms with van der Waals surface area (Å²) in [7, 11) is 0. The van der Waals surface area contributed by atoms with Crippen LogP contribution in [0.15, 0.2) is 35.7 Å². The minimum atomic E-state index is -0.500. The van der Waals surface area contributed by atoms with E-state index < -0.39 is 5.41 Å². The summed E-state index contributed by atoms with van der Waals surface area (Å²) in [4.78, 5) is 13.9. The van der Waals surface area contributed by atoms with Crippen LogP contribution >= 0.6 is 11.3 Å². The fraction of sp³-hybridized carbons (Fsp3) is 0.389. The van der Waals surface area contributed by atoms with E-state index in [0.717, 1.165) is 29.8 Å². The lowest BCUT2D eigenvalue weighted by Gasteiger charge is -2.30. The van der Waals surface area contributed by atoms with Crippen LogP contribution in [0.3, 0.4) is 0 Å². The molecule has 0 spiro atoms. The molecule has 1 heterocycles. The molecule has 1 aromatic carbocycles. The molecule has 0 fully saturated rings. The quantitative estimate of drug-likeness (QED) is 0.847. The Kier molecular flexibility index (Phi) is 3.96. The number of nitrogens with two attached hydrogens (primary N) is 1. The third kappa shape index (κ3) is 2.75. The van der Waals surface area contributed by atoms with E-state index in [-0.39, 0.29) is 11.9 Å². The lowest BCUT2D eigenvalue weighted by Crippen LogP contribution is -2.42. The van der Waals surface area contributed by atoms with Gasteiger partial charge in [0.05, 0.1) is 11.5 Å². The van der Waals surface area contributed by atoms with Crippen LogP contribution in [0.4, 0.5) is 5.69 Å². The molecule has 3 rings (SSSR count). The van der Waals surface area contributed by atoms with Gasteiger partial charge in [0, 0.05) is 10.6 Å². The lowest BCUT2D eigenvalue weighted by molar-refractivity contribution is -0.126. The maximum absolute atomic E-state index is 12.8. The van der Waals surface area contributed by atoms with Gasteiger partial charge in [-0.1, -0.05) is 12.1 Å². The van der Waals surface area contributed by atoms with Gasteiger partial charge in [-0.05, 0) is 67.8 Å². The fourth-order valence-corrected chi connectivity index (χ4v) is 3.92. The van der Waals surface area contributed by atoms with Crippen LogP contribution in [0.2, 0.25) is 0 Å². The van der Waals surface area contributed by atoms with Gasteiger partial charge in [-0.15, -0.1) is 11.3 Å². The van der Waals surface area contributed by atoms with Gasteiger partial charge < -0.3 is 11.1 Å². The summed E-state index contributed by atoms with van der Waals surface area (Å²) in [6.07, 6.45) is 3.12. The minimum absolute atomic E-state index is 0.0876. The van der Waals surface area contributed by atoms with Crippen LogP contribution in [0.5, 0.6) is 0 Å². The molecule has 1 aliphatic rings. The van der Waals surface area contributed by atoms with E-state index in [1.165, 1.54) is 11.1 Å². The first-order valence-corrected chi connectivity index (χ1v) is 8.59. The highest BCUT2D eigenvalue weighted by Crippen LogP contribution is 2.33. The number of thiophene rings is 1. The first-order valence-electron chi connectivity index (χ1n) is 7.72. The van der Waals surface area contributed by atoms with Crippen molar-refractivity contribution in [3.05, 3.63) is 51.7 Å². The van der Waals surface area contributed by atoms with Gasteiger partial charge in [0.2, 0.25) is 5.91 Å². The standard InChI is InChI=1S/C18H22N2OS/c1-18(2,16-7-4-10-22-16)17(21)20-15-6-3-5-12-11-13(19)8-9-14(12)15/h4,7-11,15H,3,5-6,19H2,1-2H3,(H,20,21). The average molecular weight is 314 g/mol. The van der Waals surface area contributed by atoms with E-state index in [4.69, 9.17) is 5.73 Å². The maximum Gasteiger partial charge on any atom is 0.231 e. The number of aryl methyl sites for hydroxylation is 1. The summed E-state index contributed by atoms with van der Waals surface area (Å²) in [5, 5.41) is 5.27. The molecule has 22 heavy (non-hydrogen) atoms. The molecule has 1 unspecified atom stereocenters. The third-order valence-electron chi connectivity index (χ3n) is 4.49. The SMILES string of the molecule is CC(C)(C(=O)NC1CCCc2cc(N)ccc21)c1cccs1. The van der Waals surface area contributed by atoms with E-state index in [9.17, 15) is 4.79 Å². The second-order valence-electron chi connectivity index (χ2n) is 6.48. The highest BCUT2D eigenvalue weighted by atomic mass is 32.1. The normalized spacial score (nSPS) is 17.8. The van der Waals surface area contributed by atoms with Crippen molar-refractivity contribution >= 4 is 22.9 Å². The second kappa shape index (κ2) is 5.76. The van der Waals surface area contributed by atoms with Gasteiger partial charge in [0.1, 0.15) is 0 Å².